The Labute approximate surface area is 134 Å². The lowest BCUT2D eigenvalue weighted by Gasteiger charge is -2.09. The lowest BCUT2D eigenvalue weighted by Crippen LogP contribution is -1.97. The van der Waals surface area contributed by atoms with Gasteiger partial charge in [0.2, 0.25) is 0 Å². The summed E-state index contributed by atoms with van der Waals surface area (Å²) in [5, 5.41) is 3.49. The first-order valence-electron chi connectivity index (χ1n) is 7.52. The lowest BCUT2D eigenvalue weighted by molar-refractivity contribution is 1.16. The smallest absolute Gasteiger partial charge is 0.143 e. The molecule has 4 heteroatoms. The fraction of sp³-hybridized carbons (Fsp3) is 0.0526. The SMILES string of the molecule is Cc1ccc2nc(-c3cccnc3)c(Nc3ccccc3)n2c1. The van der Waals surface area contributed by atoms with Crippen molar-refractivity contribution in [3.8, 4) is 11.3 Å². The number of imidazole rings is 1. The molecule has 112 valence electrons. The Morgan fingerprint density at radius 1 is 0.957 bits per heavy atom. The zero-order valence-corrected chi connectivity index (χ0v) is 12.8. The topological polar surface area (TPSA) is 42.2 Å². The maximum Gasteiger partial charge on any atom is 0.143 e. The van der Waals surface area contributed by atoms with Crippen molar-refractivity contribution >= 4 is 17.2 Å². The number of benzene rings is 1. The first-order chi connectivity index (χ1) is 11.3. The Morgan fingerprint density at radius 3 is 2.61 bits per heavy atom. The number of hydrogen-bond donors (Lipinski definition) is 1. The zero-order valence-electron chi connectivity index (χ0n) is 12.8. The summed E-state index contributed by atoms with van der Waals surface area (Å²) in [5.74, 6) is 0.947. The van der Waals surface area contributed by atoms with E-state index in [-0.39, 0.29) is 0 Å². The highest BCUT2D eigenvalue weighted by Crippen LogP contribution is 2.30. The standard InChI is InChI=1S/C19H16N4/c1-14-9-10-17-22-18(15-6-5-11-20-12-15)19(23(17)13-14)21-16-7-3-2-4-8-16/h2-13,21H,1H3. The predicted molar refractivity (Wildman–Crippen MR) is 92.9 cm³/mol. The summed E-state index contributed by atoms with van der Waals surface area (Å²) in [6, 6.07) is 18.2. The van der Waals surface area contributed by atoms with Crippen molar-refractivity contribution in [2.75, 3.05) is 5.32 Å². The molecular weight excluding hydrogens is 284 g/mol. The molecule has 0 saturated heterocycles. The van der Waals surface area contributed by atoms with Gasteiger partial charge in [0.25, 0.3) is 0 Å². The first-order valence-corrected chi connectivity index (χ1v) is 7.52. The molecule has 0 aliphatic carbocycles. The molecule has 3 aromatic heterocycles. The molecule has 0 amide bonds. The van der Waals surface area contributed by atoms with Crippen molar-refractivity contribution in [3.05, 3.63) is 78.8 Å². The minimum Gasteiger partial charge on any atom is -0.339 e. The highest BCUT2D eigenvalue weighted by molar-refractivity contribution is 5.79. The molecule has 0 aliphatic heterocycles. The highest BCUT2D eigenvalue weighted by atomic mass is 15.1. The average molecular weight is 300 g/mol. The van der Waals surface area contributed by atoms with Crippen molar-refractivity contribution < 1.29 is 0 Å². The van der Waals surface area contributed by atoms with Gasteiger partial charge in [-0.3, -0.25) is 9.38 Å². The maximum absolute atomic E-state index is 4.78. The minimum absolute atomic E-state index is 0.896. The van der Waals surface area contributed by atoms with Gasteiger partial charge in [-0.15, -0.1) is 0 Å². The molecule has 0 aliphatic rings. The quantitative estimate of drug-likeness (QED) is 0.608. The second-order valence-electron chi connectivity index (χ2n) is 5.48. The largest absolute Gasteiger partial charge is 0.339 e. The lowest BCUT2D eigenvalue weighted by atomic mass is 10.2. The van der Waals surface area contributed by atoms with Crippen LogP contribution in [0.1, 0.15) is 5.56 Å². The van der Waals surface area contributed by atoms with Crippen molar-refractivity contribution in [1.29, 1.82) is 0 Å². The molecule has 0 saturated carbocycles. The highest BCUT2D eigenvalue weighted by Gasteiger charge is 2.14. The number of aromatic nitrogens is 3. The summed E-state index contributed by atoms with van der Waals surface area (Å²) in [6.07, 6.45) is 5.70. The third-order valence-corrected chi connectivity index (χ3v) is 3.74. The molecule has 0 radical (unpaired) electrons. The summed E-state index contributed by atoms with van der Waals surface area (Å²) in [7, 11) is 0. The van der Waals surface area contributed by atoms with Crippen LogP contribution in [0.15, 0.2) is 73.2 Å². The van der Waals surface area contributed by atoms with Gasteiger partial charge in [-0.25, -0.2) is 4.98 Å². The molecule has 1 aromatic carbocycles. The molecule has 0 fully saturated rings. The van der Waals surface area contributed by atoms with Crippen LogP contribution in [0.25, 0.3) is 16.9 Å². The van der Waals surface area contributed by atoms with Gasteiger partial charge in [0.15, 0.2) is 0 Å². The number of pyridine rings is 2. The molecule has 1 N–H and O–H groups in total. The number of para-hydroxylation sites is 1. The van der Waals surface area contributed by atoms with Crippen LogP contribution < -0.4 is 5.32 Å². The summed E-state index contributed by atoms with van der Waals surface area (Å²) in [4.78, 5) is 9.00. The van der Waals surface area contributed by atoms with Gasteiger partial charge in [0.05, 0.1) is 0 Å². The number of nitrogens with one attached hydrogen (secondary N) is 1. The predicted octanol–water partition coefficient (Wildman–Crippen LogP) is 4.45. The molecule has 0 spiro atoms. The van der Waals surface area contributed by atoms with E-state index in [1.807, 2.05) is 54.7 Å². The van der Waals surface area contributed by atoms with Crippen LogP contribution in [-0.2, 0) is 0 Å². The summed E-state index contributed by atoms with van der Waals surface area (Å²) < 4.78 is 2.09. The fourth-order valence-corrected chi connectivity index (χ4v) is 2.63. The number of fused-ring (bicyclic) bond motifs is 1. The number of aryl methyl sites for hydroxylation is 1. The van der Waals surface area contributed by atoms with Crippen LogP contribution in [0.2, 0.25) is 0 Å². The van der Waals surface area contributed by atoms with Crippen molar-refractivity contribution in [2.45, 2.75) is 6.92 Å². The summed E-state index contributed by atoms with van der Waals surface area (Å²) in [5.41, 5.74) is 5.01. The van der Waals surface area contributed by atoms with Gasteiger partial charge in [-0.2, -0.15) is 0 Å². The number of hydrogen-bond acceptors (Lipinski definition) is 3. The average Bonchev–Trinajstić information content (AvgIpc) is 2.95. The van der Waals surface area contributed by atoms with Gasteiger partial charge in [-0.1, -0.05) is 24.3 Å². The van der Waals surface area contributed by atoms with Gasteiger partial charge in [-0.05, 0) is 42.8 Å². The number of nitrogens with zero attached hydrogens (tertiary/aromatic N) is 3. The summed E-state index contributed by atoms with van der Waals surface area (Å²) >= 11 is 0. The molecule has 4 aromatic rings. The zero-order chi connectivity index (χ0) is 15.6. The Kier molecular flexibility index (Phi) is 3.27. The second-order valence-corrected chi connectivity index (χ2v) is 5.48. The Bertz CT molecular complexity index is 943. The number of anilines is 2. The van der Waals surface area contributed by atoms with Crippen LogP contribution in [0.4, 0.5) is 11.5 Å². The van der Waals surface area contributed by atoms with E-state index in [4.69, 9.17) is 4.98 Å². The molecule has 23 heavy (non-hydrogen) atoms. The van der Waals surface area contributed by atoms with Gasteiger partial charge < -0.3 is 5.32 Å². The van der Waals surface area contributed by atoms with Crippen LogP contribution in [0.3, 0.4) is 0 Å². The van der Waals surface area contributed by atoms with E-state index >= 15 is 0 Å². The molecule has 4 nitrogen and oxygen atoms in total. The van der Waals surface area contributed by atoms with Crippen LogP contribution >= 0.6 is 0 Å². The Hall–Kier alpha value is -3.14. The third-order valence-electron chi connectivity index (χ3n) is 3.74. The van der Waals surface area contributed by atoms with E-state index < -0.39 is 0 Å². The minimum atomic E-state index is 0.896. The van der Waals surface area contributed by atoms with Gasteiger partial charge in [0.1, 0.15) is 17.2 Å². The van der Waals surface area contributed by atoms with Crippen molar-refractivity contribution in [3.63, 3.8) is 0 Å². The van der Waals surface area contributed by atoms with Crippen LogP contribution in [0, 0.1) is 6.92 Å². The van der Waals surface area contributed by atoms with E-state index in [1.54, 1.807) is 6.20 Å². The molecule has 0 bridgehead atoms. The van der Waals surface area contributed by atoms with Crippen molar-refractivity contribution in [2.24, 2.45) is 0 Å². The van der Waals surface area contributed by atoms with E-state index in [1.165, 1.54) is 5.56 Å². The first kappa shape index (κ1) is 13.5. The van der Waals surface area contributed by atoms with Crippen molar-refractivity contribution in [1.82, 2.24) is 14.4 Å². The fourth-order valence-electron chi connectivity index (χ4n) is 2.63. The molecule has 0 unspecified atom stereocenters. The maximum atomic E-state index is 4.78. The Morgan fingerprint density at radius 2 is 1.83 bits per heavy atom. The molecule has 0 atom stereocenters. The normalized spacial score (nSPS) is 10.8. The van der Waals surface area contributed by atoms with Gasteiger partial charge in [0, 0.05) is 29.8 Å². The monoisotopic (exact) mass is 300 g/mol. The second kappa shape index (κ2) is 5.57. The molecule has 3 heterocycles. The van der Waals surface area contributed by atoms with E-state index in [9.17, 15) is 0 Å². The van der Waals surface area contributed by atoms with E-state index in [2.05, 4.69) is 33.9 Å². The molecular formula is C19H16N4. The van der Waals surface area contributed by atoms with Crippen LogP contribution in [-0.4, -0.2) is 14.4 Å². The van der Waals surface area contributed by atoms with E-state index in [0.717, 1.165) is 28.4 Å². The molecule has 4 rings (SSSR count). The Balaban J connectivity index is 1.93. The summed E-state index contributed by atoms with van der Waals surface area (Å²) in [6.45, 7) is 2.08. The third kappa shape index (κ3) is 2.55. The number of rotatable bonds is 3. The van der Waals surface area contributed by atoms with Gasteiger partial charge >= 0.3 is 0 Å². The van der Waals surface area contributed by atoms with E-state index in [0.29, 0.717) is 0 Å². The van der Waals surface area contributed by atoms with Crippen LogP contribution in [0.5, 0.6) is 0 Å².